The molecule has 0 unspecified atom stereocenters. The van der Waals surface area contributed by atoms with Gasteiger partial charge in [0.2, 0.25) is 5.91 Å². The van der Waals surface area contributed by atoms with Crippen LogP contribution in [-0.2, 0) is 11.3 Å². The summed E-state index contributed by atoms with van der Waals surface area (Å²) in [4.78, 5) is 13.8. The topological polar surface area (TPSA) is 59.8 Å². The third-order valence-electron chi connectivity index (χ3n) is 5.12. The number of carbonyl (C=O) groups excluding carboxylic acids is 1. The molecule has 4 aromatic rings. The second-order valence-electron chi connectivity index (χ2n) is 7.29. The number of hydrogen-bond donors (Lipinski definition) is 1. The van der Waals surface area contributed by atoms with Gasteiger partial charge in [0.25, 0.3) is 0 Å². The van der Waals surface area contributed by atoms with Crippen LogP contribution in [0.2, 0.25) is 5.02 Å². The SMILES string of the molecule is CCn1c(SCC(=O)Nc2cc(Cl)ccc2C)nnc1-c1csc(C)c1-c1ccccc1. The zero-order chi connectivity index (χ0) is 22.7. The van der Waals surface area contributed by atoms with E-state index in [1.807, 2.05) is 37.3 Å². The normalized spacial score (nSPS) is 11.0. The van der Waals surface area contributed by atoms with E-state index in [1.165, 1.54) is 22.2 Å². The number of benzene rings is 2. The Morgan fingerprint density at radius 3 is 2.69 bits per heavy atom. The average Bonchev–Trinajstić information content (AvgIpc) is 3.38. The second kappa shape index (κ2) is 9.90. The molecule has 2 aromatic heterocycles. The van der Waals surface area contributed by atoms with Gasteiger partial charge in [-0.05, 0) is 44.0 Å². The Labute approximate surface area is 200 Å². The molecular formula is C24H23ClN4OS2. The lowest BCUT2D eigenvalue weighted by atomic mass is 10.0. The number of aryl methyl sites for hydroxylation is 2. The third-order valence-corrected chi connectivity index (χ3v) is 7.23. The molecule has 1 N–H and O–H groups in total. The molecule has 1 amide bonds. The highest BCUT2D eigenvalue weighted by atomic mass is 35.5. The molecule has 0 aliphatic heterocycles. The van der Waals surface area contributed by atoms with Crippen molar-refractivity contribution in [2.45, 2.75) is 32.5 Å². The maximum Gasteiger partial charge on any atom is 0.234 e. The van der Waals surface area contributed by atoms with Crippen LogP contribution in [0, 0.1) is 13.8 Å². The van der Waals surface area contributed by atoms with Crippen LogP contribution in [0.3, 0.4) is 0 Å². The summed E-state index contributed by atoms with van der Waals surface area (Å²) in [5.74, 6) is 0.950. The number of thiophene rings is 1. The Kier molecular flexibility index (Phi) is 6.98. The quantitative estimate of drug-likeness (QED) is 0.298. The van der Waals surface area contributed by atoms with E-state index in [4.69, 9.17) is 11.6 Å². The molecule has 0 atom stereocenters. The van der Waals surface area contributed by atoms with Crippen molar-refractivity contribution in [3.8, 4) is 22.5 Å². The molecular weight excluding hydrogens is 460 g/mol. The molecule has 0 aliphatic carbocycles. The van der Waals surface area contributed by atoms with Gasteiger partial charge in [0, 0.05) is 38.6 Å². The highest BCUT2D eigenvalue weighted by Crippen LogP contribution is 2.39. The van der Waals surface area contributed by atoms with E-state index >= 15 is 0 Å². The summed E-state index contributed by atoms with van der Waals surface area (Å²) >= 11 is 9.14. The monoisotopic (exact) mass is 482 g/mol. The lowest BCUT2D eigenvalue weighted by Crippen LogP contribution is -2.15. The van der Waals surface area contributed by atoms with Crippen LogP contribution in [0.1, 0.15) is 17.4 Å². The van der Waals surface area contributed by atoms with Crippen LogP contribution in [0.4, 0.5) is 5.69 Å². The smallest absolute Gasteiger partial charge is 0.234 e. The van der Waals surface area contributed by atoms with Crippen LogP contribution in [-0.4, -0.2) is 26.4 Å². The van der Waals surface area contributed by atoms with Crippen LogP contribution in [0.5, 0.6) is 0 Å². The Morgan fingerprint density at radius 2 is 1.94 bits per heavy atom. The van der Waals surface area contributed by atoms with E-state index in [0.717, 1.165) is 33.4 Å². The summed E-state index contributed by atoms with van der Waals surface area (Å²) in [6.45, 7) is 6.84. The Balaban J connectivity index is 1.55. The van der Waals surface area contributed by atoms with Crippen molar-refractivity contribution in [2.75, 3.05) is 11.1 Å². The van der Waals surface area contributed by atoms with Crippen LogP contribution >= 0.6 is 34.7 Å². The molecule has 0 saturated heterocycles. The lowest BCUT2D eigenvalue weighted by Gasteiger charge is -2.10. The predicted octanol–water partition coefficient (Wildman–Crippen LogP) is 6.69. The van der Waals surface area contributed by atoms with Crippen molar-refractivity contribution >= 4 is 46.3 Å². The number of nitrogens with zero attached hydrogens (tertiary/aromatic N) is 3. The van der Waals surface area contributed by atoms with Gasteiger partial charge in [-0.15, -0.1) is 21.5 Å². The highest BCUT2D eigenvalue weighted by Gasteiger charge is 2.20. The maximum atomic E-state index is 12.5. The van der Waals surface area contributed by atoms with Gasteiger partial charge >= 0.3 is 0 Å². The molecule has 164 valence electrons. The molecule has 2 heterocycles. The number of hydrogen-bond acceptors (Lipinski definition) is 5. The maximum absolute atomic E-state index is 12.5. The van der Waals surface area contributed by atoms with Gasteiger partial charge in [-0.3, -0.25) is 4.79 Å². The first-order valence-corrected chi connectivity index (χ1v) is 12.5. The fraction of sp³-hybridized carbons (Fsp3) is 0.208. The summed E-state index contributed by atoms with van der Waals surface area (Å²) in [5.41, 5.74) is 5.11. The van der Waals surface area contributed by atoms with Crippen LogP contribution < -0.4 is 5.32 Å². The summed E-state index contributed by atoms with van der Waals surface area (Å²) in [5, 5.41) is 15.3. The molecule has 0 saturated carbocycles. The molecule has 4 rings (SSSR count). The fourth-order valence-electron chi connectivity index (χ4n) is 3.51. The van der Waals surface area contributed by atoms with Crippen molar-refractivity contribution in [1.29, 1.82) is 0 Å². The Morgan fingerprint density at radius 1 is 1.16 bits per heavy atom. The van der Waals surface area contributed by atoms with Gasteiger partial charge in [-0.1, -0.05) is 59.8 Å². The molecule has 0 bridgehead atoms. The molecule has 0 aliphatic rings. The summed E-state index contributed by atoms with van der Waals surface area (Å²) in [6.07, 6.45) is 0. The summed E-state index contributed by atoms with van der Waals surface area (Å²) in [7, 11) is 0. The molecule has 32 heavy (non-hydrogen) atoms. The molecule has 5 nitrogen and oxygen atoms in total. The number of anilines is 1. The number of carbonyl (C=O) groups is 1. The molecule has 2 aromatic carbocycles. The molecule has 0 spiro atoms. The van der Waals surface area contributed by atoms with Gasteiger partial charge in [0.1, 0.15) is 0 Å². The van der Waals surface area contributed by atoms with Gasteiger partial charge < -0.3 is 9.88 Å². The van der Waals surface area contributed by atoms with Crippen LogP contribution in [0.25, 0.3) is 22.5 Å². The van der Waals surface area contributed by atoms with Crippen LogP contribution in [0.15, 0.2) is 59.1 Å². The van der Waals surface area contributed by atoms with Crippen molar-refractivity contribution in [1.82, 2.24) is 14.8 Å². The zero-order valence-corrected chi connectivity index (χ0v) is 20.4. The summed E-state index contributed by atoms with van der Waals surface area (Å²) < 4.78 is 2.07. The fourth-order valence-corrected chi connectivity index (χ4v) is 5.35. The Hall–Kier alpha value is -2.61. The minimum atomic E-state index is -0.107. The van der Waals surface area contributed by atoms with Gasteiger partial charge in [-0.2, -0.15) is 0 Å². The van der Waals surface area contributed by atoms with Gasteiger partial charge in [-0.25, -0.2) is 0 Å². The first-order valence-electron chi connectivity index (χ1n) is 10.2. The number of amides is 1. The van der Waals surface area contributed by atoms with E-state index in [-0.39, 0.29) is 11.7 Å². The number of thioether (sulfide) groups is 1. The first kappa shape index (κ1) is 22.6. The average molecular weight is 483 g/mol. The minimum Gasteiger partial charge on any atom is -0.325 e. The zero-order valence-electron chi connectivity index (χ0n) is 18.1. The third kappa shape index (κ3) is 4.75. The predicted molar refractivity (Wildman–Crippen MR) is 135 cm³/mol. The minimum absolute atomic E-state index is 0.107. The number of halogens is 1. The van der Waals surface area contributed by atoms with E-state index in [0.29, 0.717) is 11.6 Å². The number of nitrogens with one attached hydrogen (secondary N) is 1. The second-order valence-corrected chi connectivity index (χ2v) is 9.76. The molecule has 0 fully saturated rings. The molecule has 0 radical (unpaired) electrons. The Bertz CT molecular complexity index is 1250. The van der Waals surface area contributed by atoms with E-state index in [9.17, 15) is 4.79 Å². The standard InChI is InChI=1S/C24H23ClN4OS2/c1-4-29-23(19-13-31-16(3)22(19)17-8-6-5-7-9-17)27-28-24(29)32-14-21(30)26-20-12-18(25)11-10-15(20)2/h5-13H,4,14H2,1-3H3,(H,26,30). The van der Waals surface area contributed by atoms with E-state index in [2.05, 4.69) is 51.4 Å². The van der Waals surface area contributed by atoms with Gasteiger partial charge in [0.05, 0.1) is 5.75 Å². The van der Waals surface area contributed by atoms with Crippen molar-refractivity contribution in [3.63, 3.8) is 0 Å². The lowest BCUT2D eigenvalue weighted by molar-refractivity contribution is -0.113. The van der Waals surface area contributed by atoms with Crippen molar-refractivity contribution in [3.05, 3.63) is 69.4 Å². The highest BCUT2D eigenvalue weighted by molar-refractivity contribution is 7.99. The first-order chi connectivity index (χ1) is 15.5. The summed E-state index contributed by atoms with van der Waals surface area (Å²) in [6, 6.07) is 15.8. The number of rotatable bonds is 7. The van der Waals surface area contributed by atoms with E-state index in [1.54, 1.807) is 17.4 Å². The number of aromatic nitrogens is 3. The van der Waals surface area contributed by atoms with E-state index < -0.39 is 0 Å². The van der Waals surface area contributed by atoms with Crippen molar-refractivity contribution < 1.29 is 4.79 Å². The molecule has 8 heteroatoms. The van der Waals surface area contributed by atoms with Crippen molar-refractivity contribution in [2.24, 2.45) is 0 Å². The largest absolute Gasteiger partial charge is 0.325 e. The van der Waals surface area contributed by atoms with Gasteiger partial charge in [0.15, 0.2) is 11.0 Å².